The monoisotopic (exact) mass is 584 g/mol. The van der Waals surface area contributed by atoms with Crippen LogP contribution in [0.5, 0.6) is 17.2 Å². The summed E-state index contributed by atoms with van der Waals surface area (Å²) in [6, 6.07) is 15.6. The first-order valence-corrected chi connectivity index (χ1v) is 14.9. The standard InChI is InChI=1S/C33H32N2O6S/c1-5-6-13-40-25-12-8-20(17-26(25)39-4)29-28(30(36)21-9-11-24-22(16-21)15-19(3)41-24)31(37)32(38)35(29)33-34-23-10-7-18(2)14-27(23)42-33/h7-12,14,16-17,19,29,36H,5-6,13,15H2,1-4H3/t19-,29-/m1/s1. The highest BCUT2D eigenvalue weighted by Crippen LogP contribution is 2.46. The first-order chi connectivity index (χ1) is 20.3. The largest absolute Gasteiger partial charge is 0.507 e. The molecule has 216 valence electrons. The Kier molecular flexibility index (Phi) is 7.36. The predicted molar refractivity (Wildman–Crippen MR) is 163 cm³/mol. The van der Waals surface area contributed by atoms with Gasteiger partial charge in [-0.1, -0.05) is 36.8 Å². The fraction of sp³-hybridized carbons (Fsp3) is 0.303. The normalized spacial score (nSPS) is 19.3. The number of aliphatic hydroxyl groups is 1. The molecule has 1 amide bonds. The summed E-state index contributed by atoms with van der Waals surface area (Å²) >= 11 is 1.33. The summed E-state index contributed by atoms with van der Waals surface area (Å²) < 4.78 is 18.3. The van der Waals surface area contributed by atoms with Crippen molar-refractivity contribution in [2.45, 2.75) is 52.2 Å². The molecule has 0 unspecified atom stereocenters. The molecule has 8 nitrogen and oxygen atoms in total. The van der Waals surface area contributed by atoms with E-state index in [9.17, 15) is 14.7 Å². The summed E-state index contributed by atoms with van der Waals surface area (Å²) in [5, 5.41) is 12.0. The van der Waals surface area contributed by atoms with Gasteiger partial charge in [-0.3, -0.25) is 14.5 Å². The number of thiazole rings is 1. The van der Waals surface area contributed by atoms with E-state index in [1.165, 1.54) is 16.2 Å². The zero-order valence-corrected chi connectivity index (χ0v) is 24.8. The number of carbonyl (C=O) groups excluding carboxylic acids is 2. The van der Waals surface area contributed by atoms with Gasteiger partial charge in [-0.15, -0.1) is 0 Å². The van der Waals surface area contributed by atoms with Gasteiger partial charge in [-0.05, 0) is 79.4 Å². The second-order valence-electron chi connectivity index (χ2n) is 10.7. The molecule has 1 saturated heterocycles. The fourth-order valence-electron chi connectivity index (χ4n) is 5.49. The van der Waals surface area contributed by atoms with E-state index in [1.54, 1.807) is 37.4 Å². The number of amides is 1. The maximum atomic E-state index is 13.7. The van der Waals surface area contributed by atoms with Gasteiger partial charge in [0.2, 0.25) is 0 Å². The number of rotatable bonds is 8. The van der Waals surface area contributed by atoms with E-state index in [2.05, 4.69) is 6.92 Å². The molecule has 3 heterocycles. The average Bonchev–Trinajstić information content (AvgIpc) is 3.64. The number of carbonyl (C=O) groups is 2. The summed E-state index contributed by atoms with van der Waals surface area (Å²) in [6.07, 6.45) is 2.60. The fourth-order valence-corrected chi connectivity index (χ4v) is 6.58. The molecule has 0 radical (unpaired) electrons. The van der Waals surface area contributed by atoms with Crippen LogP contribution in [0.1, 0.15) is 55.0 Å². The number of aryl methyl sites for hydroxylation is 1. The summed E-state index contributed by atoms with van der Waals surface area (Å²) in [6.45, 7) is 6.60. The molecule has 0 bridgehead atoms. The topological polar surface area (TPSA) is 98.2 Å². The second-order valence-corrected chi connectivity index (χ2v) is 11.7. The van der Waals surface area contributed by atoms with Crippen molar-refractivity contribution in [1.29, 1.82) is 0 Å². The molecule has 2 aliphatic rings. The van der Waals surface area contributed by atoms with Crippen LogP contribution in [-0.4, -0.2) is 41.6 Å². The number of aromatic nitrogens is 1. The summed E-state index contributed by atoms with van der Waals surface area (Å²) in [7, 11) is 1.55. The van der Waals surface area contributed by atoms with Gasteiger partial charge in [0.05, 0.1) is 35.5 Å². The van der Waals surface area contributed by atoms with Gasteiger partial charge >= 0.3 is 5.91 Å². The minimum Gasteiger partial charge on any atom is -0.507 e. The Hall–Kier alpha value is -4.37. The highest BCUT2D eigenvalue weighted by molar-refractivity contribution is 7.22. The lowest BCUT2D eigenvalue weighted by molar-refractivity contribution is -0.132. The van der Waals surface area contributed by atoms with Crippen LogP contribution in [0.3, 0.4) is 0 Å². The van der Waals surface area contributed by atoms with E-state index in [-0.39, 0.29) is 17.4 Å². The molecule has 3 aromatic carbocycles. The number of hydrogen-bond donors (Lipinski definition) is 1. The maximum absolute atomic E-state index is 13.7. The third-order valence-electron chi connectivity index (χ3n) is 7.61. The Morgan fingerprint density at radius 1 is 1.12 bits per heavy atom. The van der Waals surface area contributed by atoms with Crippen molar-refractivity contribution >= 4 is 44.1 Å². The van der Waals surface area contributed by atoms with Crippen LogP contribution in [0.25, 0.3) is 16.0 Å². The number of ketones is 1. The molecule has 42 heavy (non-hydrogen) atoms. The van der Waals surface area contributed by atoms with E-state index in [4.69, 9.17) is 19.2 Å². The van der Waals surface area contributed by atoms with Crippen molar-refractivity contribution in [2.75, 3.05) is 18.6 Å². The average molecular weight is 585 g/mol. The molecular weight excluding hydrogens is 552 g/mol. The molecule has 1 fully saturated rings. The second kappa shape index (κ2) is 11.1. The number of anilines is 1. The van der Waals surface area contributed by atoms with Gasteiger partial charge in [-0.2, -0.15) is 0 Å². The summed E-state index contributed by atoms with van der Waals surface area (Å²) in [5.41, 5.74) is 3.75. The molecule has 2 aliphatic heterocycles. The van der Waals surface area contributed by atoms with Crippen LogP contribution in [0.2, 0.25) is 0 Å². The van der Waals surface area contributed by atoms with Crippen molar-refractivity contribution in [3.63, 3.8) is 0 Å². The van der Waals surface area contributed by atoms with Gasteiger partial charge < -0.3 is 19.3 Å². The van der Waals surface area contributed by atoms with E-state index in [0.717, 1.165) is 39.9 Å². The van der Waals surface area contributed by atoms with Gasteiger partial charge in [0, 0.05) is 12.0 Å². The number of benzene rings is 3. The number of unbranched alkanes of at least 4 members (excludes halogenated alkanes) is 1. The van der Waals surface area contributed by atoms with Crippen molar-refractivity contribution in [2.24, 2.45) is 0 Å². The van der Waals surface area contributed by atoms with Crippen molar-refractivity contribution < 1.29 is 28.9 Å². The van der Waals surface area contributed by atoms with Gasteiger partial charge in [0.25, 0.3) is 5.78 Å². The number of nitrogens with zero attached hydrogens (tertiary/aromatic N) is 2. The highest BCUT2D eigenvalue weighted by atomic mass is 32.1. The van der Waals surface area contributed by atoms with Crippen LogP contribution in [-0.2, 0) is 16.0 Å². The number of Topliss-reactive ketones (excluding diaryl/α,β-unsaturated/α-hetero) is 1. The Bertz CT molecular complexity index is 1740. The molecule has 0 aliphatic carbocycles. The zero-order chi connectivity index (χ0) is 29.5. The summed E-state index contributed by atoms with van der Waals surface area (Å²) in [4.78, 5) is 33.6. The molecule has 6 rings (SSSR count). The number of methoxy groups -OCH3 is 1. The Balaban J connectivity index is 1.51. The molecule has 0 saturated carbocycles. The number of hydrogen-bond acceptors (Lipinski definition) is 8. The van der Waals surface area contributed by atoms with Crippen LogP contribution < -0.4 is 19.1 Å². The Morgan fingerprint density at radius 3 is 2.74 bits per heavy atom. The van der Waals surface area contributed by atoms with E-state index in [0.29, 0.717) is 40.8 Å². The van der Waals surface area contributed by atoms with E-state index < -0.39 is 17.7 Å². The molecule has 1 aromatic heterocycles. The third-order valence-corrected chi connectivity index (χ3v) is 8.63. The van der Waals surface area contributed by atoms with Gasteiger partial charge in [0.1, 0.15) is 17.6 Å². The van der Waals surface area contributed by atoms with Crippen LogP contribution in [0.4, 0.5) is 5.13 Å². The quantitative estimate of drug-likeness (QED) is 0.106. The smallest absolute Gasteiger partial charge is 0.301 e. The third kappa shape index (κ3) is 4.87. The number of aliphatic hydroxyl groups excluding tert-OH is 1. The minimum atomic E-state index is -0.936. The Morgan fingerprint density at radius 2 is 1.95 bits per heavy atom. The maximum Gasteiger partial charge on any atom is 0.301 e. The van der Waals surface area contributed by atoms with Crippen LogP contribution in [0.15, 0.2) is 60.2 Å². The molecule has 2 atom stereocenters. The lowest BCUT2D eigenvalue weighted by Gasteiger charge is -2.24. The van der Waals surface area contributed by atoms with Gasteiger partial charge in [0.15, 0.2) is 16.6 Å². The molecule has 0 spiro atoms. The lowest BCUT2D eigenvalue weighted by Crippen LogP contribution is -2.29. The lowest BCUT2D eigenvalue weighted by atomic mass is 9.94. The molecule has 9 heteroatoms. The van der Waals surface area contributed by atoms with Crippen LogP contribution in [0, 0.1) is 6.92 Å². The first-order valence-electron chi connectivity index (χ1n) is 14.1. The molecular formula is C33H32N2O6S. The van der Waals surface area contributed by atoms with Crippen molar-refractivity contribution in [3.05, 3.63) is 82.4 Å². The SMILES string of the molecule is CCCCOc1ccc([C@@H]2C(=C(O)c3ccc4c(c3)C[C@@H](C)O4)C(=O)C(=O)N2c2nc3ccc(C)cc3s2)cc1OC. The zero-order valence-electron chi connectivity index (χ0n) is 24.0. The van der Waals surface area contributed by atoms with E-state index >= 15 is 0 Å². The summed E-state index contributed by atoms with van der Waals surface area (Å²) in [5.74, 6) is 0.0113. The number of fused-ring (bicyclic) bond motifs is 2. The van der Waals surface area contributed by atoms with Crippen LogP contribution >= 0.6 is 11.3 Å². The van der Waals surface area contributed by atoms with Gasteiger partial charge in [-0.25, -0.2) is 4.98 Å². The molecule has 1 N–H and O–H groups in total. The Labute approximate surface area is 248 Å². The molecule has 4 aromatic rings. The van der Waals surface area contributed by atoms with E-state index in [1.807, 2.05) is 38.1 Å². The van der Waals surface area contributed by atoms with Crippen molar-refractivity contribution in [1.82, 2.24) is 4.98 Å². The highest BCUT2D eigenvalue weighted by Gasteiger charge is 2.48. The minimum absolute atomic E-state index is 0.0101. The number of ether oxygens (including phenoxy) is 3. The first kappa shape index (κ1) is 27.8. The van der Waals surface area contributed by atoms with Crippen molar-refractivity contribution in [3.8, 4) is 17.2 Å². The predicted octanol–water partition coefficient (Wildman–Crippen LogP) is 6.74.